The summed E-state index contributed by atoms with van der Waals surface area (Å²) in [4.78, 5) is 23.1. The molecule has 6 nitrogen and oxygen atoms in total. The van der Waals surface area contributed by atoms with E-state index >= 15 is 0 Å². The SMILES string of the molecule is Cc1nn(C)cc1NC(=O)c1ccccc1C(=O)O. The second-order valence-corrected chi connectivity index (χ2v) is 4.11. The van der Waals surface area contributed by atoms with Gasteiger partial charge in [0, 0.05) is 13.2 Å². The second-order valence-electron chi connectivity index (χ2n) is 4.11. The van der Waals surface area contributed by atoms with Crippen LogP contribution in [0.5, 0.6) is 0 Å². The van der Waals surface area contributed by atoms with E-state index in [1.807, 2.05) is 0 Å². The molecular formula is C13H13N3O3. The summed E-state index contributed by atoms with van der Waals surface area (Å²) in [6.45, 7) is 1.76. The van der Waals surface area contributed by atoms with E-state index in [1.165, 1.54) is 12.1 Å². The monoisotopic (exact) mass is 259 g/mol. The Labute approximate surface area is 109 Å². The Balaban J connectivity index is 2.30. The minimum atomic E-state index is -1.13. The van der Waals surface area contributed by atoms with Crippen molar-refractivity contribution in [3.63, 3.8) is 0 Å². The lowest BCUT2D eigenvalue weighted by Crippen LogP contribution is -2.16. The highest BCUT2D eigenvalue weighted by Gasteiger charge is 2.17. The standard InChI is InChI=1S/C13H13N3O3/c1-8-11(7-16(2)15-8)14-12(17)9-5-3-4-6-10(9)13(18)19/h3-7H,1-2H3,(H,14,17)(H,18,19). The number of carboxylic acid groups (broad SMARTS) is 1. The molecule has 0 aliphatic heterocycles. The van der Waals surface area contributed by atoms with Gasteiger partial charge in [0.1, 0.15) is 0 Å². The van der Waals surface area contributed by atoms with E-state index in [-0.39, 0.29) is 11.1 Å². The number of aryl methyl sites for hydroxylation is 2. The third kappa shape index (κ3) is 2.62. The number of aromatic carboxylic acids is 1. The molecule has 0 aliphatic carbocycles. The number of rotatable bonds is 3. The van der Waals surface area contributed by atoms with Gasteiger partial charge in [-0.3, -0.25) is 9.48 Å². The maximum atomic E-state index is 12.1. The van der Waals surface area contributed by atoms with Crippen LogP contribution in [0.2, 0.25) is 0 Å². The zero-order valence-corrected chi connectivity index (χ0v) is 10.5. The molecule has 6 heteroatoms. The lowest BCUT2D eigenvalue weighted by Gasteiger charge is -2.06. The van der Waals surface area contributed by atoms with Crippen LogP contribution in [-0.4, -0.2) is 26.8 Å². The quantitative estimate of drug-likeness (QED) is 0.878. The number of amides is 1. The minimum absolute atomic E-state index is 0.0263. The molecule has 1 aromatic carbocycles. The molecule has 0 spiro atoms. The maximum absolute atomic E-state index is 12.1. The molecule has 2 N–H and O–H groups in total. The molecule has 98 valence electrons. The molecule has 1 heterocycles. The first-order valence-corrected chi connectivity index (χ1v) is 5.63. The van der Waals surface area contributed by atoms with Crippen LogP contribution in [0.25, 0.3) is 0 Å². The van der Waals surface area contributed by atoms with E-state index in [4.69, 9.17) is 5.11 Å². The van der Waals surface area contributed by atoms with Gasteiger partial charge in [0.25, 0.3) is 5.91 Å². The van der Waals surface area contributed by atoms with Crippen LogP contribution < -0.4 is 5.32 Å². The Kier molecular flexibility index (Phi) is 3.33. The molecule has 0 bridgehead atoms. The van der Waals surface area contributed by atoms with E-state index in [0.29, 0.717) is 11.4 Å². The van der Waals surface area contributed by atoms with E-state index in [2.05, 4.69) is 10.4 Å². The molecule has 0 atom stereocenters. The zero-order valence-electron chi connectivity index (χ0n) is 10.5. The summed E-state index contributed by atoms with van der Waals surface area (Å²) in [5.41, 5.74) is 1.33. The van der Waals surface area contributed by atoms with Crippen molar-refractivity contribution in [2.24, 2.45) is 7.05 Å². The summed E-state index contributed by atoms with van der Waals surface area (Å²) in [6, 6.07) is 6.07. The summed E-state index contributed by atoms with van der Waals surface area (Å²) >= 11 is 0. The third-order valence-corrected chi connectivity index (χ3v) is 2.66. The highest BCUT2D eigenvalue weighted by atomic mass is 16.4. The molecule has 2 aromatic rings. The molecule has 1 amide bonds. The number of hydrogen-bond donors (Lipinski definition) is 2. The van der Waals surface area contributed by atoms with Crippen LogP contribution >= 0.6 is 0 Å². The van der Waals surface area contributed by atoms with Crippen LogP contribution in [0.3, 0.4) is 0 Å². The summed E-state index contributed by atoms with van der Waals surface area (Å²) in [7, 11) is 1.74. The summed E-state index contributed by atoms with van der Waals surface area (Å²) in [6.07, 6.45) is 1.66. The van der Waals surface area contributed by atoms with Gasteiger partial charge in [0.15, 0.2) is 0 Å². The van der Waals surface area contributed by atoms with E-state index in [1.54, 1.807) is 37.0 Å². The third-order valence-electron chi connectivity index (χ3n) is 2.66. The summed E-state index contributed by atoms with van der Waals surface area (Å²) in [5, 5.41) is 15.8. The van der Waals surface area contributed by atoms with Crippen molar-refractivity contribution in [2.75, 3.05) is 5.32 Å². The van der Waals surface area contributed by atoms with E-state index in [9.17, 15) is 9.59 Å². The van der Waals surface area contributed by atoms with Crippen LogP contribution in [0.4, 0.5) is 5.69 Å². The van der Waals surface area contributed by atoms with Gasteiger partial charge >= 0.3 is 5.97 Å². The molecule has 2 rings (SSSR count). The average Bonchev–Trinajstić information content (AvgIpc) is 2.67. The topological polar surface area (TPSA) is 84.2 Å². The first kappa shape index (κ1) is 12.8. The van der Waals surface area contributed by atoms with Crippen molar-refractivity contribution in [3.05, 3.63) is 47.3 Å². The molecule has 1 aromatic heterocycles. The van der Waals surface area contributed by atoms with Gasteiger partial charge in [-0.05, 0) is 19.1 Å². The molecule has 19 heavy (non-hydrogen) atoms. The highest BCUT2D eigenvalue weighted by molar-refractivity contribution is 6.10. The largest absolute Gasteiger partial charge is 0.478 e. The van der Waals surface area contributed by atoms with Crippen molar-refractivity contribution in [2.45, 2.75) is 6.92 Å². The van der Waals surface area contributed by atoms with Crippen molar-refractivity contribution < 1.29 is 14.7 Å². The molecule has 0 saturated heterocycles. The van der Waals surface area contributed by atoms with Gasteiger partial charge < -0.3 is 10.4 Å². The molecule has 0 radical (unpaired) electrons. The van der Waals surface area contributed by atoms with Crippen LogP contribution in [0, 0.1) is 6.92 Å². The van der Waals surface area contributed by atoms with Crippen LogP contribution in [0.1, 0.15) is 26.4 Å². The number of carbonyl (C=O) groups is 2. The number of nitrogens with one attached hydrogen (secondary N) is 1. The van der Waals surface area contributed by atoms with Gasteiger partial charge in [-0.1, -0.05) is 12.1 Å². The minimum Gasteiger partial charge on any atom is -0.478 e. The maximum Gasteiger partial charge on any atom is 0.336 e. The van der Waals surface area contributed by atoms with Gasteiger partial charge in [-0.15, -0.1) is 0 Å². The average molecular weight is 259 g/mol. The van der Waals surface area contributed by atoms with E-state index < -0.39 is 11.9 Å². The molecule has 0 saturated carbocycles. The lowest BCUT2D eigenvalue weighted by molar-refractivity contribution is 0.0692. The number of aromatic nitrogens is 2. The number of carbonyl (C=O) groups excluding carboxylic acids is 1. The number of carboxylic acids is 1. The fraction of sp³-hybridized carbons (Fsp3) is 0.154. The normalized spacial score (nSPS) is 10.2. The Hall–Kier alpha value is -2.63. The Bertz CT molecular complexity index is 646. The van der Waals surface area contributed by atoms with Crippen LogP contribution in [0.15, 0.2) is 30.5 Å². The molecule has 0 aliphatic rings. The second kappa shape index (κ2) is 4.93. The number of nitrogens with zero attached hydrogens (tertiary/aromatic N) is 2. The van der Waals surface area contributed by atoms with E-state index in [0.717, 1.165) is 0 Å². The fourth-order valence-corrected chi connectivity index (χ4v) is 1.78. The lowest BCUT2D eigenvalue weighted by atomic mass is 10.1. The van der Waals surface area contributed by atoms with Crippen molar-refractivity contribution in [1.82, 2.24) is 9.78 Å². The first-order chi connectivity index (χ1) is 8.99. The van der Waals surface area contributed by atoms with Crippen molar-refractivity contribution in [3.8, 4) is 0 Å². The summed E-state index contributed by atoms with van der Waals surface area (Å²) in [5.74, 6) is -1.59. The van der Waals surface area contributed by atoms with Gasteiger partial charge in [0.2, 0.25) is 0 Å². The van der Waals surface area contributed by atoms with Gasteiger partial charge in [-0.2, -0.15) is 5.10 Å². The Morgan fingerprint density at radius 1 is 1.26 bits per heavy atom. The number of hydrogen-bond acceptors (Lipinski definition) is 3. The van der Waals surface area contributed by atoms with Crippen molar-refractivity contribution in [1.29, 1.82) is 0 Å². The first-order valence-electron chi connectivity index (χ1n) is 5.63. The Morgan fingerprint density at radius 2 is 1.89 bits per heavy atom. The molecule has 0 fully saturated rings. The van der Waals surface area contributed by atoms with Crippen molar-refractivity contribution >= 4 is 17.6 Å². The van der Waals surface area contributed by atoms with Gasteiger partial charge in [-0.25, -0.2) is 4.79 Å². The fourth-order valence-electron chi connectivity index (χ4n) is 1.78. The van der Waals surface area contributed by atoms with Crippen LogP contribution in [-0.2, 0) is 7.05 Å². The predicted molar refractivity (Wildman–Crippen MR) is 69.3 cm³/mol. The zero-order chi connectivity index (χ0) is 14.0. The predicted octanol–water partition coefficient (Wildman–Crippen LogP) is 1.68. The smallest absolute Gasteiger partial charge is 0.336 e. The molecular weight excluding hydrogens is 246 g/mol. The summed E-state index contributed by atoms with van der Waals surface area (Å²) < 4.78 is 1.58. The Morgan fingerprint density at radius 3 is 2.42 bits per heavy atom. The number of anilines is 1. The van der Waals surface area contributed by atoms with Gasteiger partial charge in [0.05, 0.1) is 22.5 Å². The highest BCUT2D eigenvalue weighted by Crippen LogP contribution is 2.15. The molecule has 0 unspecified atom stereocenters. The number of benzene rings is 1.